The number of rotatable bonds is 0. The third-order valence-electron chi connectivity index (χ3n) is 3.19. The van der Waals surface area contributed by atoms with Gasteiger partial charge in [-0.15, -0.1) is 22.7 Å². The molecule has 0 fully saturated rings. The van der Waals surface area contributed by atoms with E-state index < -0.39 is 5.20 Å². The maximum atomic E-state index is 11.3. The summed E-state index contributed by atoms with van der Waals surface area (Å²) in [7, 11) is 0. The minimum atomic E-state index is -3.22. The minimum Gasteiger partial charge on any atom is -0.313 e. The van der Waals surface area contributed by atoms with Gasteiger partial charge in [-0.25, -0.2) is 9.97 Å². The van der Waals surface area contributed by atoms with E-state index in [2.05, 4.69) is 85.5 Å². The van der Waals surface area contributed by atoms with Crippen LogP contribution in [0.15, 0.2) is 31.2 Å². The second-order valence-electron chi connectivity index (χ2n) is 5.17. The van der Waals surface area contributed by atoms with Gasteiger partial charge in [-0.05, 0) is 79.4 Å². The molecule has 4 heterocycles. The molecule has 2 N–H and O–H groups in total. The maximum absolute atomic E-state index is 11.3. The van der Waals surface area contributed by atoms with Gasteiger partial charge in [0.15, 0.2) is 0 Å². The van der Waals surface area contributed by atoms with Gasteiger partial charge in [0.1, 0.15) is 9.66 Å². The molecule has 156 valence electrons. The Labute approximate surface area is 202 Å². The average Bonchev–Trinajstić information content (AvgIpc) is 3.05. The van der Waals surface area contributed by atoms with Crippen LogP contribution in [0, 0.1) is 13.8 Å². The number of nitrogens with one attached hydrogen (secondary N) is 2. The van der Waals surface area contributed by atoms with Crippen LogP contribution in [0.25, 0.3) is 20.4 Å². The Morgan fingerprint density at radius 1 is 0.862 bits per heavy atom. The Morgan fingerprint density at radius 3 is 1.45 bits per heavy atom. The molecule has 0 aliphatic carbocycles. The minimum absolute atomic E-state index is 0.0868. The zero-order valence-corrected chi connectivity index (χ0v) is 22.4. The molecule has 0 aromatic carbocycles. The van der Waals surface area contributed by atoms with Crippen LogP contribution in [0.5, 0.6) is 0 Å². The van der Waals surface area contributed by atoms with Crippen molar-refractivity contribution < 1.29 is 4.57 Å². The molecule has 0 aliphatic rings. The van der Waals surface area contributed by atoms with Gasteiger partial charge >= 0.3 is 5.20 Å². The molecular weight excluding hydrogens is 633 g/mol. The predicted molar refractivity (Wildman–Crippen MR) is 131 cm³/mol. The van der Waals surface area contributed by atoms with Crippen molar-refractivity contribution in [2.75, 3.05) is 0 Å². The lowest BCUT2D eigenvalue weighted by Gasteiger charge is -1.86. The highest BCUT2D eigenvalue weighted by Gasteiger charge is 2.10. The number of thiophene rings is 2. The molecule has 0 radical (unpaired) electrons. The van der Waals surface area contributed by atoms with Crippen molar-refractivity contribution in [2.45, 2.75) is 13.8 Å². The molecule has 0 aliphatic heterocycles. The monoisotopic (exact) mass is 640 g/mol. The van der Waals surface area contributed by atoms with E-state index in [0.29, 0.717) is 10.8 Å². The molecule has 0 amide bonds. The number of hydrogen-bond acceptors (Lipinski definition) is 7. The average molecular weight is 644 g/mol. The van der Waals surface area contributed by atoms with Crippen molar-refractivity contribution in [3.05, 3.63) is 52.1 Å². The summed E-state index contributed by atoms with van der Waals surface area (Å²) in [5, 5.41) is -1.92. The molecule has 4 aromatic rings. The molecule has 0 saturated carbocycles. The number of aromatic nitrogens is 4. The fourth-order valence-corrected chi connectivity index (χ4v) is 5.29. The molecule has 4 aromatic heterocycles. The molecule has 0 bridgehead atoms. The van der Waals surface area contributed by atoms with Crippen molar-refractivity contribution in [3.8, 4) is 0 Å². The van der Waals surface area contributed by atoms with E-state index in [1.807, 2.05) is 13.8 Å². The van der Waals surface area contributed by atoms with E-state index in [4.69, 9.17) is 0 Å². The number of halogens is 5. The third-order valence-corrected chi connectivity index (χ3v) is 7.73. The van der Waals surface area contributed by atoms with Crippen molar-refractivity contribution in [1.29, 1.82) is 0 Å². The summed E-state index contributed by atoms with van der Waals surface area (Å²) >= 11 is 23.6. The van der Waals surface area contributed by atoms with Gasteiger partial charge in [-0.3, -0.25) is 14.2 Å². The summed E-state index contributed by atoms with van der Waals surface area (Å²) in [5.74, 6) is 0. The molecule has 0 unspecified atom stereocenters. The predicted octanol–water partition coefficient (Wildman–Crippen LogP) is 6.92. The van der Waals surface area contributed by atoms with Crippen molar-refractivity contribution in [3.63, 3.8) is 0 Å². The third kappa shape index (κ3) is 6.87. The summed E-state index contributed by atoms with van der Waals surface area (Å²) in [4.78, 5) is 39.5. The van der Waals surface area contributed by atoms with Crippen molar-refractivity contribution in [1.82, 2.24) is 19.9 Å². The highest BCUT2D eigenvalue weighted by atomic mass is 79.9. The summed E-state index contributed by atoms with van der Waals surface area (Å²) in [5.41, 5.74) is -0.174. The number of aryl methyl sites for hydroxylation is 2. The van der Waals surface area contributed by atoms with E-state index in [1.165, 1.54) is 35.3 Å². The molecule has 15 heteroatoms. The number of nitrogens with zero attached hydrogens (tertiary/aromatic N) is 2. The van der Waals surface area contributed by atoms with Crippen LogP contribution in [0.1, 0.15) is 9.75 Å². The Hall–Kier alpha value is -0.260. The SMILES string of the molecule is Cc1sc2nc[nH]c(=O)c2c1Br.Cc1sc2nc[nH]c(=O)c2c1Br.O=P(Cl)(Cl)Cl. The fourth-order valence-electron chi connectivity index (χ4n) is 2.04. The van der Waals surface area contributed by atoms with Crippen LogP contribution >= 0.6 is 93.5 Å². The largest absolute Gasteiger partial charge is 0.339 e. The van der Waals surface area contributed by atoms with Gasteiger partial charge in [0, 0.05) is 18.7 Å². The Balaban J connectivity index is 0.000000170. The lowest BCUT2D eigenvalue weighted by Crippen LogP contribution is -2.04. The van der Waals surface area contributed by atoms with Gasteiger partial charge in [0.05, 0.1) is 23.4 Å². The van der Waals surface area contributed by atoms with E-state index in [9.17, 15) is 14.2 Å². The van der Waals surface area contributed by atoms with Gasteiger partial charge in [0.25, 0.3) is 11.1 Å². The molecular formula is C14H10Br2Cl3N4O3PS2. The number of H-pyrrole nitrogens is 2. The zero-order valence-electron chi connectivity index (χ0n) is 14.4. The van der Waals surface area contributed by atoms with Crippen LogP contribution < -0.4 is 11.1 Å². The summed E-state index contributed by atoms with van der Waals surface area (Å²) < 4.78 is 11.2. The van der Waals surface area contributed by atoms with Gasteiger partial charge < -0.3 is 9.97 Å². The molecule has 29 heavy (non-hydrogen) atoms. The first-order valence-corrected chi connectivity index (χ1v) is 15.0. The maximum Gasteiger partial charge on any atom is 0.339 e. The second kappa shape index (κ2) is 10.4. The first-order chi connectivity index (χ1) is 13.4. The van der Waals surface area contributed by atoms with E-state index in [0.717, 1.165) is 28.4 Å². The number of hydrogen-bond donors (Lipinski definition) is 2. The van der Waals surface area contributed by atoms with E-state index >= 15 is 0 Å². The number of fused-ring (bicyclic) bond motifs is 2. The summed E-state index contributed by atoms with van der Waals surface area (Å²) in [6.45, 7) is 3.91. The molecule has 0 atom stereocenters. The van der Waals surface area contributed by atoms with Crippen molar-refractivity contribution >= 4 is 114 Å². The zero-order chi connectivity index (χ0) is 21.9. The fraction of sp³-hybridized carbons (Fsp3) is 0.143. The van der Waals surface area contributed by atoms with Crippen LogP contribution in [0.2, 0.25) is 0 Å². The highest BCUT2D eigenvalue weighted by Crippen LogP contribution is 2.61. The standard InChI is InChI=1S/2C7H5BrN2OS.Cl3OP/c2*1-3-5(8)4-6(11)9-2-10-7(4)12-3;1-5(2,3)4/h2*2H,1H3,(H,9,10,11);. The van der Waals surface area contributed by atoms with E-state index in [1.54, 1.807) is 0 Å². The van der Waals surface area contributed by atoms with Crippen LogP contribution in [0.4, 0.5) is 0 Å². The lowest BCUT2D eigenvalue weighted by molar-refractivity contribution is 0.600. The molecule has 0 saturated heterocycles. The summed E-state index contributed by atoms with van der Waals surface area (Å²) in [6.07, 6.45) is 2.85. The van der Waals surface area contributed by atoms with Gasteiger partial charge in [-0.1, -0.05) is 0 Å². The Morgan fingerprint density at radius 2 is 1.17 bits per heavy atom. The smallest absolute Gasteiger partial charge is 0.313 e. The Kier molecular flexibility index (Phi) is 8.94. The number of aromatic amines is 2. The summed E-state index contributed by atoms with van der Waals surface area (Å²) in [6, 6.07) is 0. The van der Waals surface area contributed by atoms with Crippen LogP contribution in [0.3, 0.4) is 0 Å². The van der Waals surface area contributed by atoms with Crippen LogP contribution in [-0.2, 0) is 4.57 Å². The molecule has 4 rings (SSSR count). The first-order valence-electron chi connectivity index (χ1n) is 7.33. The Bertz CT molecular complexity index is 1230. The quantitative estimate of drug-likeness (QED) is 0.202. The normalized spacial score (nSPS) is 11.0. The van der Waals surface area contributed by atoms with E-state index in [-0.39, 0.29) is 11.1 Å². The molecule has 0 spiro atoms. The van der Waals surface area contributed by atoms with Gasteiger partial charge in [0.2, 0.25) is 0 Å². The highest BCUT2D eigenvalue weighted by molar-refractivity contribution is 9.11. The second-order valence-corrected chi connectivity index (χ2v) is 15.8. The first kappa shape index (κ1) is 25.0. The van der Waals surface area contributed by atoms with Gasteiger partial charge in [-0.2, -0.15) is 0 Å². The lowest BCUT2D eigenvalue weighted by atomic mass is 10.4. The topological polar surface area (TPSA) is 109 Å². The molecule has 7 nitrogen and oxygen atoms in total. The van der Waals surface area contributed by atoms with Crippen molar-refractivity contribution in [2.24, 2.45) is 0 Å². The van der Waals surface area contributed by atoms with Crippen LogP contribution in [-0.4, -0.2) is 19.9 Å².